The van der Waals surface area contributed by atoms with Gasteiger partial charge in [-0.05, 0) is 18.8 Å². The van der Waals surface area contributed by atoms with Crippen LogP contribution in [0.15, 0.2) is 0 Å². The van der Waals surface area contributed by atoms with Crippen molar-refractivity contribution < 1.29 is 9.90 Å². The highest BCUT2D eigenvalue weighted by molar-refractivity contribution is 8.01. The predicted octanol–water partition coefficient (Wildman–Crippen LogP) is 1.71. The Balaban J connectivity index is 2.65. The van der Waals surface area contributed by atoms with E-state index in [1.165, 1.54) is 11.8 Å². The van der Waals surface area contributed by atoms with E-state index in [2.05, 4.69) is 6.92 Å². The van der Waals surface area contributed by atoms with E-state index in [-0.39, 0.29) is 0 Å². The Labute approximate surface area is 89.4 Å². The van der Waals surface area contributed by atoms with Gasteiger partial charge in [0.25, 0.3) is 0 Å². The maximum absolute atomic E-state index is 11.3. The Morgan fingerprint density at radius 1 is 1.71 bits per heavy atom. The molecule has 1 aliphatic rings. The van der Waals surface area contributed by atoms with Gasteiger partial charge in [0.1, 0.15) is 4.75 Å². The molecule has 14 heavy (non-hydrogen) atoms. The molecule has 4 heteroatoms. The zero-order valence-corrected chi connectivity index (χ0v) is 9.48. The summed E-state index contributed by atoms with van der Waals surface area (Å²) in [6.45, 7) is 2.70. The zero-order chi connectivity index (χ0) is 10.6. The van der Waals surface area contributed by atoms with Gasteiger partial charge in [-0.2, -0.15) is 0 Å². The Kier molecular flexibility index (Phi) is 4.26. The molecule has 2 atom stereocenters. The first-order valence-corrected chi connectivity index (χ1v) is 6.17. The van der Waals surface area contributed by atoms with Gasteiger partial charge < -0.3 is 10.8 Å². The highest BCUT2D eigenvalue weighted by Crippen LogP contribution is 2.42. The number of aliphatic carboxylic acids is 1. The lowest BCUT2D eigenvalue weighted by Crippen LogP contribution is -2.40. The lowest BCUT2D eigenvalue weighted by atomic mass is 9.82. The van der Waals surface area contributed by atoms with E-state index in [9.17, 15) is 9.90 Å². The van der Waals surface area contributed by atoms with E-state index in [1.54, 1.807) is 0 Å². The summed E-state index contributed by atoms with van der Waals surface area (Å²) in [6, 6.07) is 0. The van der Waals surface area contributed by atoms with Crippen LogP contribution in [0.1, 0.15) is 32.6 Å². The van der Waals surface area contributed by atoms with Gasteiger partial charge in [-0.1, -0.05) is 19.8 Å². The molecular formula is C10H19NO2S. The van der Waals surface area contributed by atoms with E-state index in [4.69, 9.17) is 5.73 Å². The summed E-state index contributed by atoms with van der Waals surface area (Å²) in [4.78, 5) is 11.3. The minimum absolute atomic E-state index is 0.533. The second kappa shape index (κ2) is 5.03. The van der Waals surface area contributed by atoms with Crippen LogP contribution < -0.4 is 5.73 Å². The number of carboxylic acid groups (broad SMARTS) is 1. The van der Waals surface area contributed by atoms with Crippen molar-refractivity contribution in [2.24, 2.45) is 11.7 Å². The minimum Gasteiger partial charge on any atom is -0.480 e. The first-order valence-electron chi connectivity index (χ1n) is 5.18. The largest absolute Gasteiger partial charge is 0.480 e. The van der Waals surface area contributed by atoms with Crippen molar-refractivity contribution in [3.63, 3.8) is 0 Å². The molecule has 0 spiro atoms. The molecule has 0 aromatic heterocycles. The summed E-state index contributed by atoms with van der Waals surface area (Å²) >= 11 is 1.53. The number of nitrogens with two attached hydrogens (primary N) is 1. The average Bonchev–Trinajstić information content (AvgIpc) is 2.14. The summed E-state index contributed by atoms with van der Waals surface area (Å²) in [5, 5.41) is 9.27. The normalized spacial score (nSPS) is 32.9. The van der Waals surface area contributed by atoms with Crippen LogP contribution in [0.5, 0.6) is 0 Å². The molecule has 0 aromatic rings. The Morgan fingerprint density at radius 2 is 2.43 bits per heavy atom. The SMILES string of the molecule is CC1CCCC(SCCN)(C(=O)O)C1. The summed E-state index contributed by atoms with van der Waals surface area (Å²) in [5.74, 6) is 0.631. The zero-order valence-electron chi connectivity index (χ0n) is 8.66. The summed E-state index contributed by atoms with van der Waals surface area (Å²) in [6.07, 6.45) is 3.80. The molecule has 0 saturated heterocycles. The van der Waals surface area contributed by atoms with Crippen LogP contribution in [0.2, 0.25) is 0 Å². The fourth-order valence-corrected chi connectivity index (χ4v) is 3.47. The number of rotatable bonds is 4. The molecule has 2 unspecified atom stereocenters. The van der Waals surface area contributed by atoms with Crippen molar-refractivity contribution >= 4 is 17.7 Å². The van der Waals surface area contributed by atoms with Crippen molar-refractivity contribution in [1.29, 1.82) is 0 Å². The molecule has 1 aliphatic carbocycles. The smallest absolute Gasteiger partial charge is 0.319 e. The second-order valence-electron chi connectivity index (χ2n) is 4.14. The number of carbonyl (C=O) groups is 1. The van der Waals surface area contributed by atoms with Crippen molar-refractivity contribution in [3.8, 4) is 0 Å². The lowest BCUT2D eigenvalue weighted by molar-refractivity contribution is -0.141. The molecule has 0 aromatic carbocycles. The monoisotopic (exact) mass is 217 g/mol. The highest BCUT2D eigenvalue weighted by atomic mass is 32.2. The Bertz CT molecular complexity index is 210. The Morgan fingerprint density at radius 3 is 2.93 bits per heavy atom. The van der Waals surface area contributed by atoms with E-state index in [0.29, 0.717) is 12.5 Å². The van der Waals surface area contributed by atoms with E-state index < -0.39 is 10.7 Å². The molecule has 1 rings (SSSR count). The van der Waals surface area contributed by atoms with Crippen molar-refractivity contribution in [2.75, 3.05) is 12.3 Å². The predicted molar refractivity (Wildman–Crippen MR) is 59.5 cm³/mol. The molecule has 3 nitrogen and oxygen atoms in total. The van der Waals surface area contributed by atoms with Gasteiger partial charge >= 0.3 is 5.97 Å². The fraction of sp³-hybridized carbons (Fsp3) is 0.900. The molecule has 0 radical (unpaired) electrons. The summed E-state index contributed by atoms with van der Waals surface area (Å²) in [5.41, 5.74) is 5.43. The van der Waals surface area contributed by atoms with Gasteiger partial charge in [0.05, 0.1) is 0 Å². The van der Waals surface area contributed by atoms with Crippen LogP contribution in [0.4, 0.5) is 0 Å². The number of carboxylic acids is 1. The van der Waals surface area contributed by atoms with E-state index in [0.717, 1.165) is 31.4 Å². The third kappa shape index (κ3) is 2.64. The second-order valence-corrected chi connectivity index (χ2v) is 5.62. The number of thioether (sulfide) groups is 1. The molecular weight excluding hydrogens is 198 g/mol. The number of hydrogen-bond donors (Lipinski definition) is 2. The van der Waals surface area contributed by atoms with Crippen molar-refractivity contribution in [3.05, 3.63) is 0 Å². The molecule has 1 fully saturated rings. The maximum Gasteiger partial charge on any atom is 0.319 e. The fourth-order valence-electron chi connectivity index (χ4n) is 2.14. The van der Waals surface area contributed by atoms with Crippen LogP contribution in [0, 0.1) is 5.92 Å². The highest BCUT2D eigenvalue weighted by Gasteiger charge is 2.41. The third-order valence-corrected chi connectivity index (χ3v) is 4.38. The quantitative estimate of drug-likeness (QED) is 0.752. The third-order valence-electron chi connectivity index (χ3n) is 2.84. The van der Waals surface area contributed by atoms with Crippen molar-refractivity contribution in [1.82, 2.24) is 0 Å². The van der Waals surface area contributed by atoms with Gasteiger partial charge in [-0.3, -0.25) is 4.79 Å². The molecule has 0 bridgehead atoms. The maximum atomic E-state index is 11.3. The van der Waals surface area contributed by atoms with Gasteiger partial charge in [0.15, 0.2) is 0 Å². The molecule has 1 saturated carbocycles. The van der Waals surface area contributed by atoms with Crippen LogP contribution in [-0.4, -0.2) is 28.1 Å². The summed E-state index contributed by atoms with van der Waals surface area (Å²) in [7, 11) is 0. The standard InChI is InChI=1S/C10H19NO2S/c1-8-3-2-4-10(7-8,9(12)13)14-6-5-11/h8H,2-7,11H2,1H3,(H,12,13). The van der Waals surface area contributed by atoms with E-state index in [1.807, 2.05) is 0 Å². The van der Waals surface area contributed by atoms with Gasteiger partial charge in [-0.15, -0.1) is 11.8 Å². The molecule has 82 valence electrons. The van der Waals surface area contributed by atoms with Gasteiger partial charge in [-0.25, -0.2) is 0 Å². The summed E-state index contributed by atoms with van der Waals surface area (Å²) < 4.78 is -0.545. The molecule has 0 aliphatic heterocycles. The van der Waals surface area contributed by atoms with Crippen molar-refractivity contribution in [2.45, 2.75) is 37.4 Å². The molecule has 0 amide bonds. The van der Waals surface area contributed by atoms with Gasteiger partial charge in [0, 0.05) is 12.3 Å². The van der Waals surface area contributed by atoms with E-state index >= 15 is 0 Å². The lowest BCUT2D eigenvalue weighted by Gasteiger charge is -2.35. The topological polar surface area (TPSA) is 63.3 Å². The Hall–Kier alpha value is -0.220. The first kappa shape index (κ1) is 11.9. The average molecular weight is 217 g/mol. The van der Waals surface area contributed by atoms with Crippen LogP contribution in [-0.2, 0) is 4.79 Å². The minimum atomic E-state index is -0.650. The first-order chi connectivity index (χ1) is 6.60. The van der Waals surface area contributed by atoms with Gasteiger partial charge in [0.2, 0.25) is 0 Å². The number of hydrogen-bond acceptors (Lipinski definition) is 3. The van der Waals surface area contributed by atoms with Crippen LogP contribution in [0.3, 0.4) is 0 Å². The molecule has 0 heterocycles. The van der Waals surface area contributed by atoms with Crippen LogP contribution >= 0.6 is 11.8 Å². The van der Waals surface area contributed by atoms with Crippen LogP contribution in [0.25, 0.3) is 0 Å². The molecule has 3 N–H and O–H groups in total.